The van der Waals surface area contributed by atoms with Gasteiger partial charge in [-0.05, 0) is 44.7 Å². The Morgan fingerprint density at radius 2 is 2.19 bits per heavy atom. The van der Waals surface area contributed by atoms with Crippen LogP contribution >= 0.6 is 0 Å². The van der Waals surface area contributed by atoms with Crippen molar-refractivity contribution in [2.45, 2.75) is 64.5 Å². The van der Waals surface area contributed by atoms with Gasteiger partial charge in [-0.2, -0.15) is 10.4 Å². The van der Waals surface area contributed by atoms with Gasteiger partial charge in [0.15, 0.2) is 5.69 Å². The summed E-state index contributed by atoms with van der Waals surface area (Å²) in [5.41, 5.74) is 2.49. The molecule has 0 aliphatic heterocycles. The van der Waals surface area contributed by atoms with Crippen LogP contribution in [0.4, 0.5) is 0 Å². The fraction of sp³-hybridized carbons (Fsp3) is 0.571. The lowest BCUT2D eigenvalue weighted by atomic mass is 9.85. The van der Waals surface area contributed by atoms with Gasteiger partial charge in [-0.1, -0.05) is 24.5 Å². The van der Waals surface area contributed by atoms with Crippen LogP contribution in [0, 0.1) is 24.2 Å². The van der Waals surface area contributed by atoms with Crippen LogP contribution in [0.5, 0.6) is 0 Å². The lowest BCUT2D eigenvalue weighted by Gasteiger charge is -2.30. The summed E-state index contributed by atoms with van der Waals surface area (Å²) in [6.07, 6.45) is 6.26. The van der Waals surface area contributed by atoms with Crippen LogP contribution in [-0.2, 0) is 6.54 Å². The van der Waals surface area contributed by atoms with Crippen LogP contribution < -0.4 is 5.32 Å². The van der Waals surface area contributed by atoms with Gasteiger partial charge in [-0.25, -0.2) is 0 Å². The highest BCUT2D eigenvalue weighted by molar-refractivity contribution is 6.05. The molecule has 0 bridgehead atoms. The van der Waals surface area contributed by atoms with Crippen LogP contribution in [0.2, 0.25) is 0 Å². The van der Waals surface area contributed by atoms with E-state index < -0.39 is 0 Å². The Morgan fingerprint density at radius 1 is 1.37 bits per heavy atom. The predicted molar refractivity (Wildman–Crippen MR) is 104 cm³/mol. The van der Waals surface area contributed by atoms with Crippen molar-refractivity contribution in [3.05, 3.63) is 29.5 Å². The van der Waals surface area contributed by atoms with Gasteiger partial charge in [0.2, 0.25) is 0 Å². The summed E-state index contributed by atoms with van der Waals surface area (Å²) in [4.78, 5) is 13.0. The highest BCUT2D eigenvalue weighted by atomic mass is 16.3. The Hall–Kier alpha value is -2.39. The molecule has 0 spiro atoms. The zero-order valence-electron chi connectivity index (χ0n) is 15.9. The Labute approximate surface area is 160 Å². The minimum Gasteiger partial charge on any atom is -0.396 e. The molecule has 1 saturated carbocycles. The maximum atomic E-state index is 13.0. The number of aromatic nitrogens is 2. The first-order valence-electron chi connectivity index (χ1n) is 9.90. The summed E-state index contributed by atoms with van der Waals surface area (Å²) in [7, 11) is 0. The van der Waals surface area contributed by atoms with Crippen LogP contribution in [0.3, 0.4) is 0 Å². The SMILES string of the molecule is Cc1ccc2c(c1)c(C(=O)N[C@H]1CCCC[C@H]1CO)nn2CCCCC#N. The van der Waals surface area contributed by atoms with Crippen molar-refractivity contribution < 1.29 is 9.90 Å². The topological polar surface area (TPSA) is 90.9 Å². The van der Waals surface area contributed by atoms with E-state index in [1.165, 1.54) is 0 Å². The summed E-state index contributed by atoms with van der Waals surface area (Å²) < 4.78 is 1.88. The molecule has 0 radical (unpaired) electrons. The van der Waals surface area contributed by atoms with E-state index in [9.17, 15) is 9.90 Å². The van der Waals surface area contributed by atoms with E-state index in [2.05, 4.69) is 16.5 Å². The molecule has 1 aliphatic carbocycles. The van der Waals surface area contributed by atoms with Gasteiger partial charge < -0.3 is 10.4 Å². The zero-order chi connectivity index (χ0) is 19.2. The molecule has 2 aromatic rings. The average molecular weight is 368 g/mol. The second kappa shape index (κ2) is 9.01. The first-order valence-corrected chi connectivity index (χ1v) is 9.90. The monoisotopic (exact) mass is 368 g/mol. The molecule has 27 heavy (non-hydrogen) atoms. The molecule has 3 rings (SSSR count). The molecule has 2 atom stereocenters. The highest BCUT2D eigenvalue weighted by Gasteiger charge is 2.27. The van der Waals surface area contributed by atoms with Crippen molar-refractivity contribution in [1.29, 1.82) is 5.26 Å². The van der Waals surface area contributed by atoms with E-state index in [1.54, 1.807) is 0 Å². The second-order valence-electron chi connectivity index (χ2n) is 7.51. The number of benzene rings is 1. The van der Waals surface area contributed by atoms with Crippen molar-refractivity contribution in [3.63, 3.8) is 0 Å². The number of nitriles is 1. The number of aliphatic hydroxyl groups is 1. The number of carbonyl (C=O) groups excluding carboxylic acids is 1. The lowest BCUT2D eigenvalue weighted by molar-refractivity contribution is 0.0868. The van der Waals surface area contributed by atoms with Gasteiger partial charge in [0, 0.05) is 36.9 Å². The Morgan fingerprint density at radius 3 is 2.96 bits per heavy atom. The van der Waals surface area contributed by atoms with E-state index >= 15 is 0 Å². The quantitative estimate of drug-likeness (QED) is 0.734. The molecule has 1 aromatic heterocycles. The molecular weight excluding hydrogens is 340 g/mol. The molecule has 0 saturated heterocycles. The van der Waals surface area contributed by atoms with E-state index in [4.69, 9.17) is 5.26 Å². The molecule has 6 heteroatoms. The molecule has 1 fully saturated rings. The summed E-state index contributed by atoms with van der Waals surface area (Å²) in [6, 6.07) is 8.22. The normalized spacial score (nSPS) is 19.7. The van der Waals surface area contributed by atoms with Crippen LogP contribution in [0.15, 0.2) is 18.2 Å². The molecule has 1 aliphatic rings. The number of aryl methyl sites for hydroxylation is 2. The van der Waals surface area contributed by atoms with Gasteiger partial charge in [-0.3, -0.25) is 9.48 Å². The number of hydrogen-bond acceptors (Lipinski definition) is 4. The molecule has 1 heterocycles. The predicted octanol–water partition coefficient (Wildman–Crippen LogP) is 3.32. The molecule has 0 unspecified atom stereocenters. The van der Waals surface area contributed by atoms with Gasteiger partial charge in [0.05, 0.1) is 11.6 Å². The summed E-state index contributed by atoms with van der Waals surface area (Å²) in [6.45, 7) is 2.81. The molecular formula is C21H28N4O2. The van der Waals surface area contributed by atoms with Gasteiger partial charge in [0.1, 0.15) is 0 Å². The van der Waals surface area contributed by atoms with Crippen molar-refractivity contribution in [3.8, 4) is 6.07 Å². The summed E-state index contributed by atoms with van der Waals surface area (Å²) in [5, 5.41) is 26.9. The fourth-order valence-electron chi connectivity index (χ4n) is 3.95. The minimum atomic E-state index is -0.160. The third kappa shape index (κ3) is 4.48. The number of amides is 1. The highest BCUT2D eigenvalue weighted by Crippen LogP contribution is 2.26. The van der Waals surface area contributed by atoms with E-state index in [0.29, 0.717) is 18.7 Å². The number of nitrogens with one attached hydrogen (secondary N) is 1. The van der Waals surface area contributed by atoms with Crippen LogP contribution in [-0.4, -0.2) is 33.4 Å². The first-order chi connectivity index (χ1) is 13.1. The Bertz CT molecular complexity index is 837. The molecule has 2 N–H and O–H groups in total. The standard InChI is InChI=1S/C21H28N4O2/c1-15-9-10-19-17(13-15)20(24-25(19)12-6-2-5-11-22)21(27)23-18-8-4-3-7-16(18)14-26/h9-10,13,16,18,26H,2-8,12,14H2,1H3,(H,23,27)/t16-,18-/m0/s1. The number of fused-ring (bicyclic) bond motifs is 1. The van der Waals surface area contributed by atoms with Gasteiger partial charge in [-0.15, -0.1) is 0 Å². The number of carbonyl (C=O) groups is 1. The number of unbranched alkanes of at least 4 members (excludes halogenated alkanes) is 2. The van der Waals surface area contributed by atoms with Crippen molar-refractivity contribution in [2.75, 3.05) is 6.61 Å². The number of nitrogens with zero attached hydrogens (tertiary/aromatic N) is 3. The smallest absolute Gasteiger partial charge is 0.272 e. The number of hydrogen-bond donors (Lipinski definition) is 2. The Balaban J connectivity index is 1.83. The average Bonchev–Trinajstić information content (AvgIpc) is 3.03. The van der Waals surface area contributed by atoms with Crippen molar-refractivity contribution in [2.24, 2.45) is 5.92 Å². The van der Waals surface area contributed by atoms with Crippen molar-refractivity contribution in [1.82, 2.24) is 15.1 Å². The molecule has 6 nitrogen and oxygen atoms in total. The van der Waals surface area contributed by atoms with Crippen molar-refractivity contribution >= 4 is 16.8 Å². The summed E-state index contributed by atoms with van der Waals surface area (Å²) in [5.74, 6) is -0.0320. The lowest BCUT2D eigenvalue weighted by Crippen LogP contribution is -2.43. The minimum absolute atomic E-state index is 0.0110. The number of rotatable bonds is 7. The molecule has 1 amide bonds. The maximum absolute atomic E-state index is 13.0. The van der Waals surface area contributed by atoms with Gasteiger partial charge >= 0.3 is 0 Å². The zero-order valence-corrected chi connectivity index (χ0v) is 15.9. The Kier molecular flexibility index (Phi) is 6.46. The third-order valence-corrected chi connectivity index (χ3v) is 5.49. The molecule has 144 valence electrons. The largest absolute Gasteiger partial charge is 0.396 e. The van der Waals surface area contributed by atoms with E-state index in [1.807, 2.05) is 29.8 Å². The molecule has 1 aromatic carbocycles. The summed E-state index contributed by atoms with van der Waals surface area (Å²) >= 11 is 0. The van der Waals surface area contributed by atoms with Crippen LogP contribution in [0.1, 0.15) is 61.0 Å². The van der Waals surface area contributed by atoms with E-state index in [0.717, 1.165) is 55.0 Å². The van der Waals surface area contributed by atoms with Gasteiger partial charge in [0.25, 0.3) is 5.91 Å². The first kappa shape index (κ1) is 19.4. The van der Waals surface area contributed by atoms with Crippen LogP contribution in [0.25, 0.3) is 10.9 Å². The second-order valence-corrected chi connectivity index (χ2v) is 7.51. The fourth-order valence-corrected chi connectivity index (χ4v) is 3.95. The van der Waals surface area contributed by atoms with E-state index in [-0.39, 0.29) is 24.5 Å². The third-order valence-electron chi connectivity index (χ3n) is 5.49. The number of aliphatic hydroxyl groups excluding tert-OH is 1. The maximum Gasteiger partial charge on any atom is 0.272 e.